The number of amides is 2. The maximum Gasteiger partial charge on any atom is 0.247 e. The van der Waals surface area contributed by atoms with Crippen LogP contribution in [0.3, 0.4) is 0 Å². The van der Waals surface area contributed by atoms with E-state index in [9.17, 15) is 9.59 Å². The van der Waals surface area contributed by atoms with Crippen LogP contribution in [0, 0.1) is 6.92 Å². The monoisotopic (exact) mass is 354 g/mol. The summed E-state index contributed by atoms with van der Waals surface area (Å²) in [5.74, 6) is 0.740. The number of aryl methyl sites for hydroxylation is 1. The molecule has 1 atom stereocenters. The molecule has 134 valence electrons. The Hall–Kier alpha value is -3.42. The highest BCUT2D eigenvalue weighted by Gasteiger charge is 2.18. The van der Waals surface area contributed by atoms with E-state index in [4.69, 9.17) is 9.05 Å². The van der Waals surface area contributed by atoms with Gasteiger partial charge in [-0.1, -0.05) is 40.6 Å². The molecule has 1 aromatic carbocycles. The molecule has 8 heteroatoms. The van der Waals surface area contributed by atoms with E-state index in [2.05, 4.69) is 20.9 Å². The van der Waals surface area contributed by atoms with Crippen molar-refractivity contribution < 1.29 is 18.6 Å². The van der Waals surface area contributed by atoms with E-state index >= 15 is 0 Å². The van der Waals surface area contributed by atoms with Gasteiger partial charge in [-0.05, 0) is 13.8 Å². The van der Waals surface area contributed by atoms with Gasteiger partial charge < -0.3 is 19.7 Å². The Morgan fingerprint density at radius 1 is 1.12 bits per heavy atom. The molecule has 0 saturated heterocycles. The maximum absolute atomic E-state index is 12.1. The number of hydrogen-bond acceptors (Lipinski definition) is 6. The topological polar surface area (TPSA) is 110 Å². The van der Waals surface area contributed by atoms with Crippen molar-refractivity contribution in [3.8, 4) is 11.3 Å². The molecule has 3 aromatic rings. The molecule has 0 aliphatic rings. The third kappa shape index (κ3) is 4.35. The second kappa shape index (κ2) is 7.64. The van der Waals surface area contributed by atoms with E-state index < -0.39 is 11.9 Å². The van der Waals surface area contributed by atoms with Crippen molar-refractivity contribution in [1.82, 2.24) is 15.6 Å². The highest BCUT2D eigenvalue weighted by Crippen LogP contribution is 2.19. The van der Waals surface area contributed by atoms with Gasteiger partial charge in [0.15, 0.2) is 11.6 Å². The number of nitrogens with one attached hydrogen (secondary N) is 2. The summed E-state index contributed by atoms with van der Waals surface area (Å²) in [4.78, 5) is 24.2. The number of carbonyl (C=O) groups excluding carboxylic acids is 2. The first-order valence-corrected chi connectivity index (χ1v) is 8.06. The van der Waals surface area contributed by atoms with E-state index in [1.807, 2.05) is 30.3 Å². The molecule has 0 saturated carbocycles. The summed E-state index contributed by atoms with van der Waals surface area (Å²) in [5, 5.41) is 12.7. The zero-order valence-electron chi connectivity index (χ0n) is 14.4. The molecule has 26 heavy (non-hydrogen) atoms. The summed E-state index contributed by atoms with van der Waals surface area (Å²) in [6.07, 6.45) is 0.0109. The number of carbonyl (C=O) groups is 2. The number of anilines is 1. The van der Waals surface area contributed by atoms with E-state index in [-0.39, 0.29) is 12.3 Å². The zero-order chi connectivity index (χ0) is 18.5. The molecule has 0 unspecified atom stereocenters. The van der Waals surface area contributed by atoms with Crippen molar-refractivity contribution in [1.29, 1.82) is 0 Å². The van der Waals surface area contributed by atoms with Gasteiger partial charge in [-0.2, -0.15) is 0 Å². The Bertz CT molecular complexity index is 901. The molecule has 2 N–H and O–H groups in total. The minimum Gasteiger partial charge on any atom is -0.360 e. The summed E-state index contributed by atoms with van der Waals surface area (Å²) >= 11 is 0. The van der Waals surface area contributed by atoms with E-state index in [1.54, 1.807) is 26.0 Å². The van der Waals surface area contributed by atoms with Crippen LogP contribution in [0.2, 0.25) is 0 Å². The summed E-state index contributed by atoms with van der Waals surface area (Å²) in [5.41, 5.74) is 1.36. The van der Waals surface area contributed by atoms with Crippen LogP contribution in [-0.2, 0) is 16.0 Å². The first-order chi connectivity index (χ1) is 12.5. The van der Waals surface area contributed by atoms with Gasteiger partial charge >= 0.3 is 0 Å². The second-order valence-corrected chi connectivity index (χ2v) is 5.83. The van der Waals surface area contributed by atoms with Crippen molar-refractivity contribution in [2.45, 2.75) is 26.3 Å². The van der Waals surface area contributed by atoms with Crippen LogP contribution in [0.4, 0.5) is 5.82 Å². The third-order valence-electron chi connectivity index (χ3n) is 3.61. The van der Waals surface area contributed by atoms with Crippen molar-refractivity contribution in [2.24, 2.45) is 0 Å². The number of benzene rings is 1. The molecule has 2 amide bonds. The second-order valence-electron chi connectivity index (χ2n) is 5.83. The molecular formula is C18H18N4O4. The third-order valence-corrected chi connectivity index (χ3v) is 3.61. The number of aromatic nitrogens is 2. The van der Waals surface area contributed by atoms with Gasteiger partial charge in [0, 0.05) is 17.7 Å². The van der Waals surface area contributed by atoms with Gasteiger partial charge in [-0.15, -0.1) is 0 Å². The lowest BCUT2D eigenvalue weighted by Gasteiger charge is -2.12. The van der Waals surface area contributed by atoms with Crippen LogP contribution in [0.25, 0.3) is 11.3 Å². The van der Waals surface area contributed by atoms with Crippen molar-refractivity contribution >= 4 is 17.6 Å². The minimum absolute atomic E-state index is 0.0109. The first-order valence-electron chi connectivity index (χ1n) is 8.06. The normalized spacial score (nSPS) is 11.8. The Kier molecular flexibility index (Phi) is 5.12. The maximum atomic E-state index is 12.1. The first kappa shape index (κ1) is 17.4. The molecule has 0 spiro atoms. The van der Waals surface area contributed by atoms with E-state index in [0.717, 1.165) is 5.56 Å². The number of nitrogens with zero attached hydrogens (tertiary/aromatic N) is 2. The zero-order valence-corrected chi connectivity index (χ0v) is 14.4. The molecule has 0 bridgehead atoms. The summed E-state index contributed by atoms with van der Waals surface area (Å²) < 4.78 is 10.1. The smallest absolute Gasteiger partial charge is 0.247 e. The fraction of sp³-hybridized carbons (Fsp3) is 0.222. The summed E-state index contributed by atoms with van der Waals surface area (Å²) in [7, 11) is 0. The van der Waals surface area contributed by atoms with E-state index in [1.165, 1.54) is 0 Å². The Balaban J connectivity index is 1.53. The van der Waals surface area contributed by atoms with Gasteiger partial charge in [-0.25, -0.2) is 0 Å². The van der Waals surface area contributed by atoms with Crippen LogP contribution < -0.4 is 10.6 Å². The van der Waals surface area contributed by atoms with Gasteiger partial charge in [-0.3, -0.25) is 9.59 Å². The standard InChI is InChI=1S/C18H18N4O4/c1-11-8-16(22-25-11)20-18(24)12(2)19-17(23)10-14-9-15(26-21-14)13-6-4-3-5-7-13/h3-9,12H,10H2,1-2H3,(H,19,23)(H,20,22,24)/t12-/m1/s1. The quantitative estimate of drug-likeness (QED) is 0.703. The fourth-order valence-corrected chi connectivity index (χ4v) is 2.32. The van der Waals surface area contributed by atoms with Gasteiger partial charge in [0.1, 0.15) is 11.8 Å². The molecule has 2 heterocycles. The van der Waals surface area contributed by atoms with Crippen molar-refractivity contribution in [3.63, 3.8) is 0 Å². The molecular weight excluding hydrogens is 336 g/mol. The van der Waals surface area contributed by atoms with Crippen LogP contribution in [0.1, 0.15) is 18.4 Å². The molecule has 3 rings (SSSR count). The van der Waals surface area contributed by atoms with Crippen LogP contribution in [0.5, 0.6) is 0 Å². The van der Waals surface area contributed by atoms with E-state index in [0.29, 0.717) is 23.0 Å². The Morgan fingerprint density at radius 2 is 1.88 bits per heavy atom. The van der Waals surface area contributed by atoms with Gasteiger partial charge in [0.05, 0.1) is 12.1 Å². The van der Waals surface area contributed by atoms with Crippen molar-refractivity contribution in [2.75, 3.05) is 5.32 Å². The van der Waals surface area contributed by atoms with Crippen LogP contribution >= 0.6 is 0 Å². The molecule has 0 aliphatic carbocycles. The molecule has 2 aromatic heterocycles. The molecule has 8 nitrogen and oxygen atoms in total. The highest BCUT2D eigenvalue weighted by molar-refractivity contribution is 5.96. The van der Waals surface area contributed by atoms with Gasteiger partial charge in [0.2, 0.25) is 11.8 Å². The molecule has 0 radical (unpaired) electrons. The largest absolute Gasteiger partial charge is 0.360 e. The SMILES string of the molecule is Cc1cc(NC(=O)[C@@H](C)NC(=O)Cc2cc(-c3ccccc3)on2)no1. The summed E-state index contributed by atoms with van der Waals surface area (Å²) in [6.45, 7) is 3.30. The Morgan fingerprint density at radius 3 is 2.58 bits per heavy atom. The molecule has 0 aliphatic heterocycles. The highest BCUT2D eigenvalue weighted by atomic mass is 16.5. The average Bonchev–Trinajstić information content (AvgIpc) is 3.24. The number of rotatable bonds is 6. The lowest BCUT2D eigenvalue weighted by molar-refractivity contribution is -0.125. The van der Waals surface area contributed by atoms with Crippen molar-refractivity contribution in [3.05, 3.63) is 53.9 Å². The average molecular weight is 354 g/mol. The Labute approximate surface area is 149 Å². The fourth-order valence-electron chi connectivity index (χ4n) is 2.32. The lowest BCUT2D eigenvalue weighted by Crippen LogP contribution is -2.42. The summed E-state index contributed by atoms with van der Waals surface area (Å²) in [6, 6.07) is 12.0. The van der Waals surface area contributed by atoms with Gasteiger partial charge in [0.25, 0.3) is 0 Å². The number of hydrogen-bond donors (Lipinski definition) is 2. The predicted octanol–water partition coefficient (Wildman–Crippen LogP) is 2.32. The van der Waals surface area contributed by atoms with Crippen LogP contribution in [0.15, 0.2) is 51.5 Å². The molecule has 0 fully saturated rings. The lowest BCUT2D eigenvalue weighted by atomic mass is 10.1. The minimum atomic E-state index is -0.736. The predicted molar refractivity (Wildman–Crippen MR) is 93.1 cm³/mol. The van der Waals surface area contributed by atoms with Crippen LogP contribution in [-0.4, -0.2) is 28.2 Å².